The molecule has 3 heterocycles. The fraction of sp³-hybridized carbons (Fsp3) is 0.161. The number of carbonyl (C=O) groups excluding carboxylic acids is 1. The number of fused-ring (bicyclic) bond motifs is 2. The van der Waals surface area contributed by atoms with Gasteiger partial charge in [-0.1, -0.05) is 41.9 Å². The Labute approximate surface area is 234 Å². The van der Waals surface area contributed by atoms with Crippen LogP contribution in [0.5, 0.6) is 0 Å². The third-order valence-electron chi connectivity index (χ3n) is 6.78. The van der Waals surface area contributed by atoms with Gasteiger partial charge in [-0.15, -0.1) is 11.3 Å². The predicted octanol–water partition coefficient (Wildman–Crippen LogP) is 7.65. The van der Waals surface area contributed by atoms with Crippen LogP contribution in [-0.2, 0) is 23.0 Å². The SMILES string of the molecule is CCOC(=O)Cc1c(C)cc2nc(-c3ccnc(-c4nn(C)c5ccccc45)c3)sc2c1-c1ccc(Cl)cc1. The van der Waals surface area contributed by atoms with Crippen LogP contribution in [0, 0.1) is 6.92 Å². The second-order valence-corrected chi connectivity index (χ2v) is 10.8. The molecule has 0 spiro atoms. The van der Waals surface area contributed by atoms with Gasteiger partial charge in [-0.3, -0.25) is 14.5 Å². The van der Waals surface area contributed by atoms with Crippen LogP contribution in [0.4, 0.5) is 0 Å². The molecule has 6 aromatic rings. The third kappa shape index (κ3) is 4.68. The maximum atomic E-state index is 12.6. The van der Waals surface area contributed by atoms with Gasteiger partial charge in [0.2, 0.25) is 0 Å². The maximum absolute atomic E-state index is 12.6. The van der Waals surface area contributed by atoms with Gasteiger partial charge in [-0.25, -0.2) is 4.98 Å². The normalized spacial score (nSPS) is 11.4. The number of hydrogen-bond acceptors (Lipinski definition) is 6. The zero-order chi connectivity index (χ0) is 27.1. The van der Waals surface area contributed by atoms with Crippen molar-refractivity contribution in [2.75, 3.05) is 6.61 Å². The highest BCUT2D eigenvalue weighted by molar-refractivity contribution is 7.22. The number of hydrogen-bond donors (Lipinski definition) is 0. The van der Waals surface area contributed by atoms with Crippen LogP contribution in [0.15, 0.2) is 72.9 Å². The van der Waals surface area contributed by atoms with Gasteiger partial charge in [0.25, 0.3) is 0 Å². The molecule has 0 aliphatic carbocycles. The third-order valence-corrected chi connectivity index (χ3v) is 8.17. The minimum Gasteiger partial charge on any atom is -0.466 e. The molecule has 0 unspecified atom stereocenters. The van der Waals surface area contributed by atoms with Crippen molar-refractivity contribution in [2.45, 2.75) is 20.3 Å². The van der Waals surface area contributed by atoms with Crippen molar-refractivity contribution >= 4 is 50.0 Å². The van der Waals surface area contributed by atoms with E-state index in [9.17, 15) is 4.79 Å². The van der Waals surface area contributed by atoms with Gasteiger partial charge in [-0.2, -0.15) is 5.10 Å². The summed E-state index contributed by atoms with van der Waals surface area (Å²) in [6, 6.07) is 21.9. The highest BCUT2D eigenvalue weighted by Gasteiger charge is 2.21. The summed E-state index contributed by atoms with van der Waals surface area (Å²) >= 11 is 7.81. The molecular formula is C31H25ClN4O2S. The number of aryl methyl sites for hydroxylation is 2. The number of rotatable bonds is 6. The zero-order valence-electron chi connectivity index (χ0n) is 21.7. The summed E-state index contributed by atoms with van der Waals surface area (Å²) in [5, 5.41) is 7.33. The monoisotopic (exact) mass is 552 g/mol. The molecular weight excluding hydrogens is 528 g/mol. The number of esters is 1. The number of aromatic nitrogens is 4. The Balaban J connectivity index is 1.51. The Hall–Kier alpha value is -4.07. The van der Waals surface area contributed by atoms with E-state index in [0.717, 1.165) is 65.3 Å². The summed E-state index contributed by atoms with van der Waals surface area (Å²) in [6.07, 6.45) is 1.99. The molecule has 194 valence electrons. The van der Waals surface area contributed by atoms with E-state index in [4.69, 9.17) is 26.4 Å². The minimum absolute atomic E-state index is 0.187. The topological polar surface area (TPSA) is 69.9 Å². The average molecular weight is 553 g/mol. The van der Waals surface area contributed by atoms with Crippen LogP contribution in [0.25, 0.3) is 54.2 Å². The first-order chi connectivity index (χ1) is 18.9. The molecule has 3 aromatic heterocycles. The summed E-state index contributed by atoms with van der Waals surface area (Å²) in [7, 11) is 1.94. The standard InChI is InChI=1S/C31H25ClN4O2S/c1-4-38-27(37)17-23-18(2)15-25-30(28(23)19-9-11-21(32)12-10-19)39-31(34-25)20-13-14-33-24(16-20)29-22-7-5-6-8-26(22)36(3)35-29/h5-16H,4,17H2,1-3H3. The van der Waals surface area contributed by atoms with E-state index in [1.165, 1.54) is 0 Å². The van der Waals surface area contributed by atoms with E-state index in [1.54, 1.807) is 17.5 Å². The highest BCUT2D eigenvalue weighted by Crippen LogP contribution is 2.41. The second kappa shape index (κ2) is 10.2. The average Bonchev–Trinajstić information content (AvgIpc) is 3.51. The second-order valence-electron chi connectivity index (χ2n) is 9.32. The van der Waals surface area contributed by atoms with Crippen molar-refractivity contribution in [1.29, 1.82) is 0 Å². The Bertz CT molecular complexity index is 1860. The van der Waals surface area contributed by atoms with Crippen molar-refractivity contribution in [3.63, 3.8) is 0 Å². The molecule has 0 radical (unpaired) electrons. The number of halogens is 1. The van der Waals surface area contributed by atoms with Crippen LogP contribution in [0.2, 0.25) is 5.02 Å². The Morgan fingerprint density at radius 2 is 1.85 bits per heavy atom. The molecule has 6 rings (SSSR count). The van der Waals surface area contributed by atoms with E-state index >= 15 is 0 Å². The van der Waals surface area contributed by atoms with Gasteiger partial charge >= 0.3 is 5.97 Å². The molecule has 0 fully saturated rings. The van der Waals surface area contributed by atoms with Crippen molar-refractivity contribution in [3.05, 3.63) is 89.1 Å². The number of nitrogens with zero attached hydrogens (tertiary/aromatic N) is 4. The zero-order valence-corrected chi connectivity index (χ0v) is 23.3. The molecule has 0 aliphatic rings. The number of benzene rings is 3. The van der Waals surface area contributed by atoms with Gasteiger partial charge in [-0.05, 0) is 66.9 Å². The van der Waals surface area contributed by atoms with Crippen molar-refractivity contribution in [1.82, 2.24) is 19.7 Å². The van der Waals surface area contributed by atoms with E-state index < -0.39 is 0 Å². The van der Waals surface area contributed by atoms with Crippen LogP contribution in [-0.4, -0.2) is 32.3 Å². The van der Waals surface area contributed by atoms with E-state index in [1.807, 2.05) is 74.1 Å². The van der Waals surface area contributed by atoms with Crippen LogP contribution in [0.3, 0.4) is 0 Å². The quantitative estimate of drug-likeness (QED) is 0.198. The smallest absolute Gasteiger partial charge is 0.310 e. The Morgan fingerprint density at radius 3 is 2.64 bits per heavy atom. The van der Waals surface area contributed by atoms with Gasteiger partial charge in [0.05, 0.1) is 34.5 Å². The summed E-state index contributed by atoms with van der Waals surface area (Å²) < 4.78 is 8.19. The number of pyridine rings is 1. The number of thiazole rings is 1. The van der Waals surface area contributed by atoms with E-state index in [-0.39, 0.29) is 12.4 Å². The van der Waals surface area contributed by atoms with Crippen molar-refractivity contribution in [2.24, 2.45) is 7.05 Å². The Kier molecular flexibility index (Phi) is 6.62. The number of para-hydroxylation sites is 1. The molecule has 8 heteroatoms. The first-order valence-electron chi connectivity index (χ1n) is 12.7. The van der Waals surface area contributed by atoms with Gasteiger partial charge in [0.15, 0.2) is 0 Å². The molecule has 3 aromatic carbocycles. The molecule has 0 saturated heterocycles. The van der Waals surface area contributed by atoms with Crippen molar-refractivity contribution in [3.8, 4) is 33.1 Å². The fourth-order valence-corrected chi connectivity index (χ4v) is 6.22. The molecule has 0 bridgehead atoms. The summed E-state index contributed by atoms with van der Waals surface area (Å²) in [5.74, 6) is -0.249. The molecule has 39 heavy (non-hydrogen) atoms. The molecule has 0 aliphatic heterocycles. The Morgan fingerprint density at radius 1 is 1.05 bits per heavy atom. The molecule has 0 amide bonds. The molecule has 0 saturated carbocycles. The molecule has 0 atom stereocenters. The van der Waals surface area contributed by atoms with Gasteiger partial charge < -0.3 is 4.74 Å². The van der Waals surface area contributed by atoms with Crippen LogP contribution >= 0.6 is 22.9 Å². The van der Waals surface area contributed by atoms with Crippen molar-refractivity contribution < 1.29 is 9.53 Å². The van der Waals surface area contributed by atoms with E-state index in [0.29, 0.717) is 11.6 Å². The lowest BCUT2D eigenvalue weighted by Crippen LogP contribution is -2.09. The van der Waals surface area contributed by atoms with Gasteiger partial charge in [0.1, 0.15) is 10.7 Å². The fourth-order valence-electron chi connectivity index (χ4n) is 4.96. The largest absolute Gasteiger partial charge is 0.466 e. The molecule has 0 N–H and O–H groups in total. The number of ether oxygens (including phenoxy) is 1. The minimum atomic E-state index is -0.249. The predicted molar refractivity (Wildman–Crippen MR) is 158 cm³/mol. The lowest BCUT2D eigenvalue weighted by molar-refractivity contribution is -0.142. The van der Waals surface area contributed by atoms with E-state index in [2.05, 4.69) is 23.2 Å². The first-order valence-corrected chi connectivity index (χ1v) is 13.9. The highest BCUT2D eigenvalue weighted by atomic mass is 35.5. The lowest BCUT2D eigenvalue weighted by atomic mass is 9.93. The van der Waals surface area contributed by atoms with Gasteiger partial charge in [0, 0.05) is 34.8 Å². The molecule has 6 nitrogen and oxygen atoms in total. The maximum Gasteiger partial charge on any atom is 0.310 e. The number of carbonyl (C=O) groups is 1. The summed E-state index contributed by atoms with van der Waals surface area (Å²) in [4.78, 5) is 22.2. The first kappa shape index (κ1) is 25.2. The lowest BCUT2D eigenvalue weighted by Gasteiger charge is -2.14. The van der Waals surface area contributed by atoms with Crippen LogP contribution in [0.1, 0.15) is 18.1 Å². The van der Waals surface area contributed by atoms with Crippen LogP contribution < -0.4 is 0 Å². The summed E-state index contributed by atoms with van der Waals surface area (Å²) in [6.45, 7) is 4.18. The summed E-state index contributed by atoms with van der Waals surface area (Å²) in [5.41, 5.74) is 8.43.